The van der Waals surface area contributed by atoms with E-state index < -0.39 is 63.1 Å². The lowest BCUT2D eigenvalue weighted by molar-refractivity contribution is -0.177. The van der Waals surface area contributed by atoms with Crippen molar-refractivity contribution >= 4 is 37.6 Å². The molecule has 8 atom stereocenters. The number of hydrogen-bond acceptors (Lipinski definition) is 7. The number of hydrogen-bond donors (Lipinski definition) is 2. The van der Waals surface area contributed by atoms with Crippen LogP contribution in [0.2, 0.25) is 0 Å². The van der Waals surface area contributed by atoms with Crippen LogP contribution in [0.15, 0.2) is 22.2 Å². The zero-order valence-electron chi connectivity index (χ0n) is 18.2. The molecule has 7 nitrogen and oxygen atoms in total. The van der Waals surface area contributed by atoms with Crippen molar-refractivity contribution in [3.8, 4) is 0 Å². The number of alkyl halides is 1. The fourth-order valence-electron chi connectivity index (χ4n) is 7.27. The average Bonchev–Trinajstić information content (AvgIpc) is 2.93. The smallest absolute Gasteiger partial charge is 0.264 e. The van der Waals surface area contributed by atoms with Crippen LogP contribution in [0.25, 0.3) is 0 Å². The highest BCUT2D eigenvalue weighted by Crippen LogP contribution is 2.68. The van der Waals surface area contributed by atoms with Gasteiger partial charge >= 0.3 is 0 Å². The normalized spacial score (nSPS) is 46.0. The molecule has 0 heterocycles. The third-order valence-electron chi connectivity index (χ3n) is 8.57. The van der Waals surface area contributed by atoms with Gasteiger partial charge in [-0.15, -0.1) is 0 Å². The van der Waals surface area contributed by atoms with Crippen LogP contribution in [0.1, 0.15) is 39.5 Å². The molecule has 32 heavy (non-hydrogen) atoms. The molecule has 0 aliphatic heterocycles. The van der Waals surface area contributed by atoms with Crippen molar-refractivity contribution in [3.63, 3.8) is 0 Å². The fraction of sp³-hybridized carbons (Fsp3) is 0.727. The van der Waals surface area contributed by atoms with E-state index in [4.69, 9.17) is 4.18 Å². The second-order valence-electron chi connectivity index (χ2n) is 10.2. The average molecular weight is 535 g/mol. The van der Waals surface area contributed by atoms with Crippen molar-refractivity contribution < 1.29 is 36.8 Å². The molecule has 4 aliphatic carbocycles. The number of rotatable bonds is 4. The molecular formula is C22H28BrFO7S. The molecule has 2 unspecified atom stereocenters. The summed E-state index contributed by atoms with van der Waals surface area (Å²) in [6, 6.07) is 0. The lowest BCUT2D eigenvalue weighted by Gasteiger charge is -2.60. The highest BCUT2D eigenvalue weighted by Gasteiger charge is 2.69. The van der Waals surface area contributed by atoms with Crippen LogP contribution < -0.4 is 0 Å². The van der Waals surface area contributed by atoms with Crippen LogP contribution in [0.5, 0.6) is 0 Å². The summed E-state index contributed by atoms with van der Waals surface area (Å²) < 4.78 is 45.7. The maximum absolute atomic E-state index is 15.5. The van der Waals surface area contributed by atoms with Crippen LogP contribution >= 0.6 is 15.9 Å². The van der Waals surface area contributed by atoms with Crippen molar-refractivity contribution in [2.45, 2.75) is 57.4 Å². The number of carbonyl (C=O) groups is 2. The quantitative estimate of drug-likeness (QED) is 0.530. The van der Waals surface area contributed by atoms with Gasteiger partial charge in [-0.2, -0.15) is 8.42 Å². The lowest BCUT2D eigenvalue weighted by atomic mass is 9.46. The molecule has 2 N–H and O–H groups in total. The van der Waals surface area contributed by atoms with Crippen LogP contribution in [0.3, 0.4) is 0 Å². The van der Waals surface area contributed by atoms with E-state index >= 15 is 4.39 Å². The van der Waals surface area contributed by atoms with Gasteiger partial charge in [-0.3, -0.25) is 13.8 Å². The Morgan fingerprint density at radius 2 is 2.03 bits per heavy atom. The van der Waals surface area contributed by atoms with Gasteiger partial charge in [0.05, 0.1) is 16.8 Å². The zero-order valence-corrected chi connectivity index (χ0v) is 20.6. The molecule has 178 valence electrons. The maximum atomic E-state index is 15.5. The van der Waals surface area contributed by atoms with Gasteiger partial charge in [-0.25, -0.2) is 4.39 Å². The summed E-state index contributed by atoms with van der Waals surface area (Å²) in [6.07, 6.45) is 2.14. The lowest BCUT2D eigenvalue weighted by Crippen LogP contribution is -2.63. The third kappa shape index (κ3) is 3.32. The number of allylic oxidation sites excluding steroid dienone is 4. The summed E-state index contributed by atoms with van der Waals surface area (Å²) in [5.41, 5.74) is -3.62. The molecule has 4 aliphatic rings. The Balaban J connectivity index is 1.88. The molecule has 0 bridgehead atoms. The monoisotopic (exact) mass is 534 g/mol. The van der Waals surface area contributed by atoms with Crippen molar-refractivity contribution in [1.29, 1.82) is 0 Å². The number of ketones is 2. The van der Waals surface area contributed by atoms with Crippen LogP contribution in [0, 0.1) is 28.6 Å². The fourth-order valence-corrected chi connectivity index (χ4v) is 8.49. The molecule has 4 rings (SSSR count). The molecule has 0 aromatic rings. The van der Waals surface area contributed by atoms with Gasteiger partial charge in [0, 0.05) is 16.7 Å². The number of aliphatic hydroxyl groups is 2. The SMILES string of the molecule is C[C@]12C=C(Br)C(=O)C=C1C(F)C[C@@H]1[C@@H]2C(OS(C)(=O)=O)C[C@@]2(C)[C@H]1CC[C@]2(O)C(=O)CO. The summed E-state index contributed by atoms with van der Waals surface area (Å²) in [7, 11) is -3.92. The van der Waals surface area contributed by atoms with Gasteiger partial charge < -0.3 is 10.2 Å². The summed E-state index contributed by atoms with van der Waals surface area (Å²) in [5, 5.41) is 20.9. The molecule has 0 saturated heterocycles. The predicted molar refractivity (Wildman–Crippen MR) is 117 cm³/mol. The molecule has 3 saturated carbocycles. The Hall–Kier alpha value is -0.940. The van der Waals surface area contributed by atoms with Crippen molar-refractivity contribution in [2.75, 3.05) is 12.9 Å². The highest BCUT2D eigenvalue weighted by molar-refractivity contribution is 9.12. The summed E-state index contributed by atoms with van der Waals surface area (Å²) in [6.45, 7) is 2.67. The number of aliphatic hydroxyl groups excluding tert-OH is 1. The summed E-state index contributed by atoms with van der Waals surface area (Å²) >= 11 is 3.26. The topological polar surface area (TPSA) is 118 Å². The number of carbonyl (C=O) groups excluding carboxylic acids is 2. The van der Waals surface area contributed by atoms with Gasteiger partial charge in [0.15, 0.2) is 11.6 Å². The van der Waals surface area contributed by atoms with Crippen LogP contribution in [0.4, 0.5) is 4.39 Å². The van der Waals surface area contributed by atoms with Crippen molar-refractivity contribution in [2.24, 2.45) is 28.6 Å². The Morgan fingerprint density at radius 1 is 1.38 bits per heavy atom. The second kappa shape index (κ2) is 7.53. The number of Topliss-reactive ketones (excluding diaryl/α,β-unsaturated/α-hetero) is 1. The van der Waals surface area contributed by atoms with Gasteiger partial charge in [-0.1, -0.05) is 19.9 Å². The largest absolute Gasteiger partial charge is 0.388 e. The molecule has 0 aromatic heterocycles. The molecule has 0 amide bonds. The van der Waals surface area contributed by atoms with E-state index in [2.05, 4.69) is 15.9 Å². The minimum atomic E-state index is -3.92. The highest BCUT2D eigenvalue weighted by atomic mass is 79.9. The van der Waals surface area contributed by atoms with Gasteiger partial charge in [-0.05, 0) is 65.1 Å². The van der Waals surface area contributed by atoms with Crippen LogP contribution in [-0.2, 0) is 23.9 Å². The van der Waals surface area contributed by atoms with E-state index in [0.717, 1.165) is 6.26 Å². The molecule has 10 heteroatoms. The first-order valence-corrected chi connectivity index (χ1v) is 13.3. The minimum Gasteiger partial charge on any atom is -0.388 e. The van der Waals surface area contributed by atoms with E-state index in [9.17, 15) is 28.2 Å². The second-order valence-corrected chi connectivity index (χ2v) is 12.6. The molecule has 0 radical (unpaired) electrons. The van der Waals surface area contributed by atoms with Gasteiger partial charge in [0.2, 0.25) is 0 Å². The van der Waals surface area contributed by atoms with E-state index in [1.807, 2.05) is 0 Å². The molecular weight excluding hydrogens is 507 g/mol. The molecule has 0 spiro atoms. The Morgan fingerprint density at radius 3 is 2.62 bits per heavy atom. The first-order chi connectivity index (χ1) is 14.7. The standard InChI is InChI=1S/C22H28BrFO7S/c1-20-8-14(23)16(26)7-13(20)15(24)6-11-12-4-5-22(28,18(27)10-25)21(12,2)9-17(19(11)20)31-32(3,29)30/h7-8,11-12,15,17,19,25,28H,4-6,9-10H2,1-3H3/t11-,12-,15?,17?,19+,20-,21-,22-/m0/s1. The number of fused-ring (bicyclic) bond motifs is 5. The van der Waals surface area contributed by atoms with E-state index in [-0.39, 0.29) is 35.4 Å². The third-order valence-corrected chi connectivity index (χ3v) is 9.78. The van der Waals surface area contributed by atoms with Crippen molar-refractivity contribution in [1.82, 2.24) is 0 Å². The van der Waals surface area contributed by atoms with Gasteiger partial charge in [0.25, 0.3) is 10.1 Å². The Labute approximate surface area is 195 Å². The number of halogens is 2. The Kier molecular flexibility index (Phi) is 5.69. The molecule has 3 fully saturated rings. The first kappa shape index (κ1) is 24.2. The van der Waals surface area contributed by atoms with E-state index in [0.29, 0.717) is 12.0 Å². The summed E-state index contributed by atoms with van der Waals surface area (Å²) in [5.74, 6) is -2.23. The molecule has 0 aromatic carbocycles. The van der Waals surface area contributed by atoms with E-state index in [1.54, 1.807) is 19.9 Å². The Bertz CT molecular complexity index is 1040. The van der Waals surface area contributed by atoms with Crippen LogP contribution in [-0.4, -0.2) is 60.9 Å². The maximum Gasteiger partial charge on any atom is 0.264 e. The zero-order chi connectivity index (χ0) is 23.9. The van der Waals surface area contributed by atoms with Gasteiger partial charge in [0.1, 0.15) is 18.4 Å². The summed E-state index contributed by atoms with van der Waals surface area (Å²) in [4.78, 5) is 24.8. The van der Waals surface area contributed by atoms with E-state index in [1.165, 1.54) is 6.08 Å². The predicted octanol–water partition coefficient (Wildman–Crippen LogP) is 2.21. The minimum absolute atomic E-state index is 0.0398. The first-order valence-electron chi connectivity index (χ1n) is 10.7. The van der Waals surface area contributed by atoms with Crippen molar-refractivity contribution in [3.05, 3.63) is 22.2 Å².